The Morgan fingerprint density at radius 1 is 1.00 bits per heavy atom. The molecule has 2 aromatic heterocycles. The number of amides is 1. The number of carbonyl (C=O) groups is 1. The van der Waals surface area contributed by atoms with E-state index in [-0.39, 0.29) is 36.4 Å². The monoisotopic (exact) mass is 428 g/mol. The van der Waals surface area contributed by atoms with Crippen molar-refractivity contribution in [1.82, 2.24) is 19.9 Å². The molecular weight excluding hydrogens is 404 g/mol. The van der Waals surface area contributed by atoms with E-state index in [0.29, 0.717) is 24.1 Å². The van der Waals surface area contributed by atoms with Gasteiger partial charge in [-0.1, -0.05) is 30.3 Å². The normalized spacial score (nSPS) is 18.2. The van der Waals surface area contributed by atoms with Crippen LogP contribution in [0, 0.1) is 5.92 Å². The first-order valence-corrected chi connectivity index (χ1v) is 10.8. The molecule has 162 valence electrons. The van der Waals surface area contributed by atoms with Gasteiger partial charge in [0.2, 0.25) is 5.91 Å². The van der Waals surface area contributed by atoms with Crippen molar-refractivity contribution in [2.24, 2.45) is 5.92 Å². The van der Waals surface area contributed by atoms with E-state index in [9.17, 15) is 9.59 Å². The molecule has 0 aliphatic carbocycles. The van der Waals surface area contributed by atoms with E-state index in [1.165, 1.54) is 16.5 Å². The lowest BCUT2D eigenvalue weighted by Crippen LogP contribution is -2.41. The minimum absolute atomic E-state index is 0.0547. The number of hydrogen-bond acceptors (Lipinski definition) is 5. The molecule has 5 rings (SSSR count). The lowest BCUT2D eigenvalue weighted by molar-refractivity contribution is -0.122. The fourth-order valence-electron chi connectivity index (χ4n) is 4.34. The number of rotatable bonds is 6. The summed E-state index contributed by atoms with van der Waals surface area (Å²) in [6.07, 6.45) is 4.35. The van der Waals surface area contributed by atoms with Crippen LogP contribution >= 0.6 is 0 Å². The van der Waals surface area contributed by atoms with Gasteiger partial charge < -0.3 is 10.1 Å². The van der Waals surface area contributed by atoms with Crippen LogP contribution < -0.4 is 10.9 Å². The highest BCUT2D eigenvalue weighted by atomic mass is 16.5. The Balaban J connectivity index is 1.23. The third-order valence-electron chi connectivity index (χ3n) is 6.08. The van der Waals surface area contributed by atoms with Gasteiger partial charge in [-0.25, -0.2) is 4.98 Å². The van der Waals surface area contributed by atoms with Crippen LogP contribution in [0.2, 0.25) is 0 Å². The standard InChI is InChI=1S/C25H24N4O3/c30-24(10-12-29-16-27-22-8-4-2-6-20(22)25(29)31)28-23-15-32-14-18(23)13-17-9-11-26-21-7-3-1-5-19(17)21/h1-9,11,16,18,23H,10,12-15H2,(H,28,30)/t18-,23+/m1/s1. The van der Waals surface area contributed by atoms with Gasteiger partial charge in [-0.05, 0) is 36.2 Å². The van der Waals surface area contributed by atoms with Crippen LogP contribution in [0.3, 0.4) is 0 Å². The molecule has 1 saturated heterocycles. The Bertz CT molecular complexity index is 1330. The first-order chi connectivity index (χ1) is 15.7. The van der Waals surface area contributed by atoms with Crippen LogP contribution in [-0.4, -0.2) is 39.7 Å². The summed E-state index contributed by atoms with van der Waals surface area (Å²) in [6, 6.07) is 17.3. The average molecular weight is 428 g/mol. The number of ether oxygens (including phenoxy) is 1. The second kappa shape index (κ2) is 8.88. The lowest BCUT2D eigenvalue weighted by Gasteiger charge is -2.20. The largest absolute Gasteiger partial charge is 0.379 e. The van der Waals surface area contributed by atoms with Crippen molar-refractivity contribution < 1.29 is 9.53 Å². The summed E-state index contributed by atoms with van der Waals surface area (Å²) in [5.41, 5.74) is 2.71. The summed E-state index contributed by atoms with van der Waals surface area (Å²) >= 11 is 0. The second-order valence-electron chi connectivity index (χ2n) is 8.17. The van der Waals surface area contributed by atoms with E-state index in [0.717, 1.165) is 17.3 Å². The Morgan fingerprint density at radius 2 is 1.75 bits per heavy atom. The minimum atomic E-state index is -0.130. The molecule has 1 fully saturated rings. The molecule has 2 atom stereocenters. The molecular formula is C25H24N4O3. The summed E-state index contributed by atoms with van der Waals surface area (Å²) in [4.78, 5) is 34.0. The quantitative estimate of drug-likeness (QED) is 0.510. The molecule has 3 heterocycles. The van der Waals surface area contributed by atoms with E-state index in [4.69, 9.17) is 4.74 Å². The number of aromatic nitrogens is 3. The number of fused-ring (bicyclic) bond motifs is 2. The van der Waals surface area contributed by atoms with Crippen LogP contribution in [0.5, 0.6) is 0 Å². The molecule has 0 radical (unpaired) electrons. The first-order valence-electron chi connectivity index (χ1n) is 10.8. The molecule has 0 spiro atoms. The smallest absolute Gasteiger partial charge is 0.261 e. The highest BCUT2D eigenvalue weighted by molar-refractivity contribution is 5.82. The maximum absolute atomic E-state index is 12.6. The second-order valence-corrected chi connectivity index (χ2v) is 8.17. The van der Waals surface area contributed by atoms with Crippen molar-refractivity contribution in [1.29, 1.82) is 0 Å². The minimum Gasteiger partial charge on any atom is -0.379 e. The molecule has 7 nitrogen and oxygen atoms in total. The van der Waals surface area contributed by atoms with Crippen molar-refractivity contribution in [3.05, 3.63) is 83.0 Å². The zero-order valence-electron chi connectivity index (χ0n) is 17.6. The average Bonchev–Trinajstić information content (AvgIpc) is 3.25. The maximum Gasteiger partial charge on any atom is 0.261 e. The molecule has 1 aliphatic heterocycles. The van der Waals surface area contributed by atoms with Crippen LogP contribution in [0.1, 0.15) is 12.0 Å². The van der Waals surface area contributed by atoms with Gasteiger partial charge in [0.15, 0.2) is 0 Å². The molecule has 32 heavy (non-hydrogen) atoms. The Morgan fingerprint density at radius 3 is 2.59 bits per heavy atom. The fraction of sp³-hybridized carbons (Fsp3) is 0.280. The number of para-hydroxylation sites is 2. The van der Waals surface area contributed by atoms with E-state index in [2.05, 4.69) is 21.4 Å². The van der Waals surface area contributed by atoms with Gasteiger partial charge in [0, 0.05) is 30.5 Å². The maximum atomic E-state index is 12.6. The molecule has 0 unspecified atom stereocenters. The molecule has 1 N–H and O–H groups in total. The van der Waals surface area contributed by atoms with E-state index in [1.807, 2.05) is 42.6 Å². The third kappa shape index (κ3) is 4.11. The highest BCUT2D eigenvalue weighted by Gasteiger charge is 2.30. The number of nitrogens with zero attached hydrogens (tertiary/aromatic N) is 3. The van der Waals surface area contributed by atoms with Gasteiger partial charge in [-0.2, -0.15) is 0 Å². The third-order valence-corrected chi connectivity index (χ3v) is 6.08. The summed E-state index contributed by atoms with van der Waals surface area (Å²) < 4.78 is 7.18. The zero-order chi connectivity index (χ0) is 21.9. The van der Waals surface area contributed by atoms with Gasteiger partial charge in [-0.3, -0.25) is 19.1 Å². The SMILES string of the molecule is O=C(CCn1cnc2ccccc2c1=O)N[C@H]1COC[C@H]1Cc1ccnc2ccccc12. The summed E-state index contributed by atoms with van der Waals surface area (Å²) in [5, 5.41) is 4.80. The highest BCUT2D eigenvalue weighted by Crippen LogP contribution is 2.24. The predicted octanol–water partition coefficient (Wildman–Crippen LogP) is 2.71. The lowest BCUT2D eigenvalue weighted by atomic mass is 9.93. The van der Waals surface area contributed by atoms with Gasteiger partial charge >= 0.3 is 0 Å². The number of benzene rings is 2. The molecule has 2 aromatic carbocycles. The topological polar surface area (TPSA) is 86.1 Å². The van der Waals surface area contributed by atoms with Crippen molar-refractivity contribution >= 4 is 27.7 Å². The van der Waals surface area contributed by atoms with Crippen molar-refractivity contribution in [2.45, 2.75) is 25.4 Å². The van der Waals surface area contributed by atoms with Gasteiger partial charge in [-0.15, -0.1) is 0 Å². The summed E-state index contributed by atoms with van der Waals surface area (Å²) in [5.74, 6) is 0.0972. The van der Waals surface area contributed by atoms with Crippen LogP contribution in [0.25, 0.3) is 21.8 Å². The number of pyridine rings is 1. The molecule has 1 amide bonds. The van der Waals surface area contributed by atoms with Crippen LogP contribution in [0.15, 0.2) is 71.9 Å². The van der Waals surface area contributed by atoms with Gasteiger partial charge in [0.25, 0.3) is 5.56 Å². The first kappa shape index (κ1) is 20.3. The number of carbonyl (C=O) groups excluding carboxylic acids is 1. The van der Waals surface area contributed by atoms with Crippen LogP contribution in [0.4, 0.5) is 0 Å². The Hall–Kier alpha value is -3.58. The van der Waals surface area contributed by atoms with Crippen molar-refractivity contribution in [2.75, 3.05) is 13.2 Å². The summed E-state index contributed by atoms with van der Waals surface area (Å²) in [6.45, 7) is 1.39. The van der Waals surface area contributed by atoms with E-state index >= 15 is 0 Å². The molecule has 7 heteroatoms. The molecule has 0 saturated carbocycles. The summed E-state index contributed by atoms with van der Waals surface area (Å²) in [7, 11) is 0. The zero-order valence-corrected chi connectivity index (χ0v) is 17.6. The Kier molecular flexibility index (Phi) is 5.64. The van der Waals surface area contributed by atoms with Gasteiger partial charge in [0.1, 0.15) is 0 Å². The van der Waals surface area contributed by atoms with Crippen molar-refractivity contribution in [3.8, 4) is 0 Å². The van der Waals surface area contributed by atoms with Gasteiger partial charge in [0.05, 0.1) is 42.0 Å². The fourth-order valence-corrected chi connectivity index (χ4v) is 4.34. The molecule has 1 aliphatic rings. The van der Waals surface area contributed by atoms with Crippen molar-refractivity contribution in [3.63, 3.8) is 0 Å². The number of hydrogen-bond donors (Lipinski definition) is 1. The van der Waals surface area contributed by atoms with E-state index in [1.54, 1.807) is 12.1 Å². The van der Waals surface area contributed by atoms with E-state index < -0.39 is 0 Å². The number of aryl methyl sites for hydroxylation is 1. The number of nitrogens with one attached hydrogen (secondary N) is 1. The predicted molar refractivity (Wildman–Crippen MR) is 122 cm³/mol. The van der Waals surface area contributed by atoms with Crippen LogP contribution in [-0.2, 0) is 22.5 Å². The molecule has 0 bridgehead atoms. The molecule has 4 aromatic rings. The Labute approximate surface area is 185 Å².